The van der Waals surface area contributed by atoms with Crippen LogP contribution in [0.3, 0.4) is 0 Å². The first-order valence-electron chi connectivity index (χ1n) is 7.93. The van der Waals surface area contributed by atoms with E-state index < -0.39 is 0 Å². The Labute approximate surface area is 137 Å². The predicted molar refractivity (Wildman–Crippen MR) is 95.0 cm³/mol. The third kappa shape index (κ3) is 4.70. The van der Waals surface area contributed by atoms with E-state index in [4.69, 9.17) is 5.73 Å². The summed E-state index contributed by atoms with van der Waals surface area (Å²) < 4.78 is 1.14. The Kier molecular flexibility index (Phi) is 6.08. The molecule has 1 saturated heterocycles. The molecule has 2 atom stereocenters. The van der Waals surface area contributed by atoms with Crippen molar-refractivity contribution in [2.24, 2.45) is 11.7 Å². The molecular weight excluding hydrogens is 326 g/mol. The largest absolute Gasteiger partial charge is 0.374 e. The highest BCUT2D eigenvalue weighted by atomic mass is 79.9. The van der Waals surface area contributed by atoms with Crippen molar-refractivity contribution in [3.05, 3.63) is 28.2 Å². The maximum absolute atomic E-state index is 6.17. The summed E-state index contributed by atoms with van der Waals surface area (Å²) in [6.07, 6.45) is 3.27. The zero-order chi connectivity index (χ0) is 15.4. The molecule has 1 aromatic carbocycles. The minimum absolute atomic E-state index is 0.240. The molecule has 1 fully saturated rings. The first-order valence-corrected chi connectivity index (χ1v) is 8.72. The highest BCUT2D eigenvalue weighted by molar-refractivity contribution is 9.10. The first-order chi connectivity index (χ1) is 9.99. The van der Waals surface area contributed by atoms with Gasteiger partial charge in [-0.2, -0.15) is 0 Å². The van der Waals surface area contributed by atoms with Crippen LogP contribution >= 0.6 is 15.9 Å². The molecule has 0 saturated carbocycles. The lowest BCUT2D eigenvalue weighted by atomic mass is 10.0. The van der Waals surface area contributed by atoms with Crippen LogP contribution in [0.15, 0.2) is 22.7 Å². The Morgan fingerprint density at radius 1 is 1.48 bits per heavy atom. The molecule has 0 aliphatic carbocycles. The number of halogens is 1. The van der Waals surface area contributed by atoms with E-state index in [0.29, 0.717) is 0 Å². The van der Waals surface area contributed by atoms with Crippen LogP contribution < -0.4 is 10.6 Å². The van der Waals surface area contributed by atoms with Crippen molar-refractivity contribution < 1.29 is 0 Å². The van der Waals surface area contributed by atoms with Crippen LogP contribution in [0.25, 0.3) is 0 Å². The summed E-state index contributed by atoms with van der Waals surface area (Å²) in [5.74, 6) is 0.774. The van der Waals surface area contributed by atoms with E-state index >= 15 is 0 Å². The van der Waals surface area contributed by atoms with Gasteiger partial charge in [0.25, 0.3) is 0 Å². The van der Waals surface area contributed by atoms with Crippen LogP contribution in [0.4, 0.5) is 5.69 Å². The zero-order valence-electron chi connectivity index (χ0n) is 13.5. The zero-order valence-corrected chi connectivity index (χ0v) is 15.1. The lowest BCUT2D eigenvalue weighted by Crippen LogP contribution is -2.29. The van der Waals surface area contributed by atoms with Crippen LogP contribution in [0, 0.1) is 5.92 Å². The van der Waals surface area contributed by atoms with Crippen molar-refractivity contribution in [1.29, 1.82) is 0 Å². The number of hydrogen-bond donors (Lipinski definition) is 1. The van der Waals surface area contributed by atoms with Gasteiger partial charge in [0.05, 0.1) is 0 Å². The van der Waals surface area contributed by atoms with Crippen LogP contribution in [0.2, 0.25) is 0 Å². The number of rotatable bonds is 6. The molecule has 4 heteroatoms. The van der Waals surface area contributed by atoms with Crippen molar-refractivity contribution in [3.63, 3.8) is 0 Å². The third-order valence-electron chi connectivity index (χ3n) is 4.48. The standard InChI is InChI=1S/C17H28BrN3/c1-4-16(19)10-14-9-15(18)5-6-17(14)21(3)12-13-7-8-20(2)11-13/h5-6,9,13,16H,4,7-8,10-12,19H2,1-3H3. The van der Waals surface area contributed by atoms with Gasteiger partial charge in [0, 0.05) is 36.3 Å². The SMILES string of the molecule is CCC(N)Cc1cc(Br)ccc1N(C)CC1CCN(C)C1. The molecule has 0 bridgehead atoms. The number of nitrogens with zero attached hydrogens (tertiary/aromatic N) is 2. The average Bonchev–Trinajstić information content (AvgIpc) is 2.84. The maximum atomic E-state index is 6.17. The average molecular weight is 354 g/mol. The van der Waals surface area contributed by atoms with Gasteiger partial charge in [-0.1, -0.05) is 22.9 Å². The van der Waals surface area contributed by atoms with Gasteiger partial charge >= 0.3 is 0 Å². The van der Waals surface area contributed by atoms with Crippen LogP contribution in [0.5, 0.6) is 0 Å². The van der Waals surface area contributed by atoms with Gasteiger partial charge in [-0.05, 0) is 62.5 Å². The molecule has 2 unspecified atom stereocenters. The van der Waals surface area contributed by atoms with E-state index in [1.807, 2.05) is 0 Å². The van der Waals surface area contributed by atoms with Gasteiger partial charge in [0.2, 0.25) is 0 Å². The summed E-state index contributed by atoms with van der Waals surface area (Å²) in [6.45, 7) is 5.72. The normalized spacial score (nSPS) is 20.7. The molecule has 0 amide bonds. The molecule has 0 radical (unpaired) electrons. The fourth-order valence-corrected chi connectivity index (χ4v) is 3.59. The fraction of sp³-hybridized carbons (Fsp3) is 0.647. The summed E-state index contributed by atoms with van der Waals surface area (Å²) in [7, 11) is 4.42. The molecule has 2 rings (SSSR count). The van der Waals surface area contributed by atoms with Crippen molar-refractivity contribution >= 4 is 21.6 Å². The molecular formula is C17H28BrN3. The molecule has 1 aromatic rings. The summed E-state index contributed by atoms with van der Waals surface area (Å²) in [6, 6.07) is 6.82. The molecule has 1 aliphatic heterocycles. The molecule has 3 nitrogen and oxygen atoms in total. The second-order valence-corrected chi connectivity index (χ2v) is 7.36. The van der Waals surface area contributed by atoms with E-state index in [9.17, 15) is 0 Å². The monoisotopic (exact) mass is 353 g/mol. The smallest absolute Gasteiger partial charge is 0.0397 e. The van der Waals surface area contributed by atoms with Crippen LogP contribution in [-0.2, 0) is 6.42 Å². The minimum atomic E-state index is 0.240. The highest BCUT2D eigenvalue weighted by Crippen LogP contribution is 2.27. The van der Waals surface area contributed by atoms with E-state index in [0.717, 1.165) is 29.8 Å². The lowest BCUT2D eigenvalue weighted by molar-refractivity contribution is 0.396. The van der Waals surface area contributed by atoms with Crippen LogP contribution in [-0.4, -0.2) is 44.7 Å². The number of hydrogen-bond acceptors (Lipinski definition) is 3. The quantitative estimate of drug-likeness (QED) is 0.852. The summed E-state index contributed by atoms with van der Waals surface area (Å²) in [5, 5.41) is 0. The van der Waals surface area contributed by atoms with Gasteiger partial charge in [-0.25, -0.2) is 0 Å². The Morgan fingerprint density at radius 3 is 2.86 bits per heavy atom. The van der Waals surface area contributed by atoms with Gasteiger partial charge in [0.1, 0.15) is 0 Å². The molecule has 0 spiro atoms. The van der Waals surface area contributed by atoms with Gasteiger partial charge in [-0.3, -0.25) is 0 Å². The first kappa shape index (κ1) is 16.8. The summed E-state index contributed by atoms with van der Waals surface area (Å²) in [5.41, 5.74) is 8.85. The van der Waals surface area contributed by atoms with Crippen LogP contribution in [0.1, 0.15) is 25.3 Å². The molecule has 2 N–H and O–H groups in total. The van der Waals surface area contributed by atoms with E-state index in [-0.39, 0.29) is 6.04 Å². The highest BCUT2D eigenvalue weighted by Gasteiger charge is 2.21. The second-order valence-electron chi connectivity index (χ2n) is 6.44. The number of benzene rings is 1. The number of likely N-dealkylation sites (tertiary alicyclic amines) is 1. The molecule has 118 valence electrons. The van der Waals surface area contributed by atoms with Crippen molar-refractivity contribution in [2.75, 3.05) is 38.6 Å². The Bertz CT molecular complexity index is 463. The summed E-state index contributed by atoms with van der Waals surface area (Å²) in [4.78, 5) is 4.84. The summed E-state index contributed by atoms with van der Waals surface area (Å²) >= 11 is 3.59. The Morgan fingerprint density at radius 2 is 2.24 bits per heavy atom. The fourth-order valence-electron chi connectivity index (χ4n) is 3.18. The van der Waals surface area contributed by atoms with Crippen molar-refractivity contribution in [3.8, 4) is 0 Å². The minimum Gasteiger partial charge on any atom is -0.374 e. The Balaban J connectivity index is 2.09. The van der Waals surface area contributed by atoms with E-state index in [1.54, 1.807) is 0 Å². The number of anilines is 1. The Hall–Kier alpha value is -0.580. The molecule has 1 aliphatic rings. The second kappa shape index (κ2) is 7.61. The molecule has 1 heterocycles. The molecule has 0 aromatic heterocycles. The maximum Gasteiger partial charge on any atom is 0.0397 e. The van der Waals surface area contributed by atoms with E-state index in [1.165, 1.54) is 30.8 Å². The lowest BCUT2D eigenvalue weighted by Gasteiger charge is -2.26. The topological polar surface area (TPSA) is 32.5 Å². The third-order valence-corrected chi connectivity index (χ3v) is 4.97. The predicted octanol–water partition coefficient (Wildman–Crippen LogP) is 3.12. The number of nitrogens with two attached hydrogens (primary N) is 1. The van der Waals surface area contributed by atoms with Gasteiger partial charge in [0.15, 0.2) is 0 Å². The molecule has 21 heavy (non-hydrogen) atoms. The van der Waals surface area contributed by atoms with Gasteiger partial charge in [-0.15, -0.1) is 0 Å². The van der Waals surface area contributed by atoms with Crippen molar-refractivity contribution in [1.82, 2.24) is 4.90 Å². The van der Waals surface area contributed by atoms with E-state index in [2.05, 4.69) is 64.9 Å². The van der Waals surface area contributed by atoms with Gasteiger partial charge < -0.3 is 15.5 Å². The van der Waals surface area contributed by atoms with Crippen molar-refractivity contribution in [2.45, 2.75) is 32.2 Å².